The molecule has 38 heavy (non-hydrogen) atoms. The molecule has 0 aliphatic rings. The largest absolute Gasteiger partial charge is 1.00 e. The van der Waals surface area contributed by atoms with Gasteiger partial charge in [-0.2, -0.15) is 0 Å². The van der Waals surface area contributed by atoms with Crippen LogP contribution in [0.3, 0.4) is 0 Å². The predicted molar refractivity (Wildman–Crippen MR) is 143 cm³/mol. The highest BCUT2D eigenvalue weighted by Crippen LogP contribution is 2.24. The standard InChI is InChI=1S/C29H36N4O4.HI/c1-2-3-4-7-18-33-19-15-22(16-20-33)10-12-24-8-5-6-9-25(24)31-32-29(37)28(36)30-17-14-23-11-13-26(34)27(35)21-23;/h5-6,8-9,11,13,15-16,19-21H,2-4,7,10,12,14,17-18H2,1H3,(H4-,30,31,32,34,35,36,37);1H. The van der Waals surface area contributed by atoms with E-state index < -0.39 is 11.8 Å². The van der Waals surface area contributed by atoms with Crippen molar-refractivity contribution in [1.29, 1.82) is 0 Å². The van der Waals surface area contributed by atoms with E-state index in [9.17, 15) is 19.8 Å². The first-order valence-electron chi connectivity index (χ1n) is 12.9. The van der Waals surface area contributed by atoms with Gasteiger partial charge in [-0.3, -0.25) is 20.4 Å². The lowest BCUT2D eigenvalue weighted by Gasteiger charge is -2.13. The molecule has 204 valence electrons. The Labute approximate surface area is 241 Å². The van der Waals surface area contributed by atoms with Crippen molar-refractivity contribution >= 4 is 17.5 Å². The molecular weight excluding hydrogens is 595 g/mol. The third-order valence-corrected chi connectivity index (χ3v) is 6.19. The first-order chi connectivity index (χ1) is 18.0. The summed E-state index contributed by atoms with van der Waals surface area (Å²) >= 11 is 0. The SMILES string of the molecule is CCCCCC[n+]1ccc(CCc2ccccc2NNC(=O)C(=O)NCCc2ccc(O)c(O)c2)cc1.[I-]. The van der Waals surface area contributed by atoms with Gasteiger partial charge in [-0.25, -0.2) is 4.57 Å². The van der Waals surface area contributed by atoms with Crippen molar-refractivity contribution < 1.29 is 48.3 Å². The number of hydrazine groups is 1. The molecule has 0 atom stereocenters. The number of carbonyl (C=O) groups is 2. The van der Waals surface area contributed by atoms with E-state index in [0.29, 0.717) is 6.42 Å². The number of anilines is 1. The quantitative estimate of drug-likeness (QED) is 0.0472. The molecule has 3 rings (SSSR count). The molecule has 0 saturated carbocycles. The summed E-state index contributed by atoms with van der Waals surface area (Å²) in [6.07, 6.45) is 11.3. The highest BCUT2D eigenvalue weighted by molar-refractivity contribution is 6.35. The number of rotatable bonds is 13. The summed E-state index contributed by atoms with van der Waals surface area (Å²) in [5.41, 5.74) is 9.07. The summed E-state index contributed by atoms with van der Waals surface area (Å²) in [6.45, 7) is 3.47. The van der Waals surface area contributed by atoms with Gasteiger partial charge in [0.15, 0.2) is 23.9 Å². The molecule has 0 unspecified atom stereocenters. The van der Waals surface area contributed by atoms with E-state index in [4.69, 9.17) is 0 Å². The van der Waals surface area contributed by atoms with Crippen LogP contribution in [0.4, 0.5) is 5.69 Å². The normalized spacial score (nSPS) is 10.3. The first-order valence-corrected chi connectivity index (χ1v) is 12.9. The Hall–Kier alpha value is -3.34. The summed E-state index contributed by atoms with van der Waals surface area (Å²) in [7, 11) is 0. The minimum absolute atomic E-state index is 0. The third kappa shape index (κ3) is 10.2. The van der Waals surface area contributed by atoms with Crippen molar-refractivity contribution in [3.05, 3.63) is 83.7 Å². The van der Waals surface area contributed by atoms with Crippen molar-refractivity contribution in [2.45, 2.75) is 58.4 Å². The first kappa shape index (κ1) is 30.9. The fourth-order valence-corrected chi connectivity index (χ4v) is 3.97. The van der Waals surface area contributed by atoms with E-state index >= 15 is 0 Å². The van der Waals surface area contributed by atoms with Gasteiger partial charge < -0.3 is 39.5 Å². The number of unbranched alkanes of at least 4 members (excludes halogenated alkanes) is 3. The summed E-state index contributed by atoms with van der Waals surface area (Å²) in [6, 6.07) is 16.4. The smallest absolute Gasteiger partial charge is 0.327 e. The topological polar surface area (TPSA) is 115 Å². The molecule has 0 spiro atoms. The Morgan fingerprint density at radius 1 is 0.816 bits per heavy atom. The van der Waals surface area contributed by atoms with Crippen LogP contribution in [-0.4, -0.2) is 28.6 Å². The average molecular weight is 633 g/mol. The van der Waals surface area contributed by atoms with Crippen LogP contribution in [0.5, 0.6) is 11.5 Å². The average Bonchev–Trinajstić information content (AvgIpc) is 2.91. The maximum atomic E-state index is 12.2. The van der Waals surface area contributed by atoms with Crippen LogP contribution in [-0.2, 0) is 35.4 Å². The van der Waals surface area contributed by atoms with E-state index in [2.05, 4.69) is 52.2 Å². The van der Waals surface area contributed by atoms with Crippen LogP contribution in [0.1, 0.15) is 49.3 Å². The van der Waals surface area contributed by atoms with Gasteiger partial charge in [0.2, 0.25) is 0 Å². The second kappa shape index (κ2) is 16.5. The Bertz CT molecular complexity index is 1170. The molecule has 2 aromatic carbocycles. The predicted octanol–water partition coefficient (Wildman–Crippen LogP) is 0.557. The maximum absolute atomic E-state index is 12.2. The summed E-state index contributed by atoms with van der Waals surface area (Å²) in [5.74, 6) is -1.99. The Kier molecular flexibility index (Phi) is 13.4. The van der Waals surface area contributed by atoms with Crippen molar-refractivity contribution in [3.8, 4) is 11.5 Å². The molecule has 9 heteroatoms. The van der Waals surface area contributed by atoms with Gasteiger partial charge in [0.1, 0.15) is 6.54 Å². The van der Waals surface area contributed by atoms with Gasteiger partial charge in [0, 0.05) is 25.1 Å². The van der Waals surface area contributed by atoms with E-state index in [1.807, 2.05) is 24.3 Å². The molecule has 0 bridgehead atoms. The molecule has 3 aromatic rings. The van der Waals surface area contributed by atoms with E-state index in [1.54, 1.807) is 6.07 Å². The summed E-state index contributed by atoms with van der Waals surface area (Å²) < 4.78 is 2.23. The summed E-state index contributed by atoms with van der Waals surface area (Å²) in [5, 5.41) is 21.5. The molecule has 1 heterocycles. The molecule has 0 aliphatic heterocycles. The van der Waals surface area contributed by atoms with Crippen LogP contribution < -0.4 is 44.7 Å². The van der Waals surface area contributed by atoms with Crippen molar-refractivity contribution in [1.82, 2.24) is 10.7 Å². The van der Waals surface area contributed by atoms with Crippen LogP contribution in [0.2, 0.25) is 0 Å². The molecule has 0 radical (unpaired) electrons. The highest BCUT2D eigenvalue weighted by Gasteiger charge is 2.13. The van der Waals surface area contributed by atoms with Crippen molar-refractivity contribution in [2.75, 3.05) is 12.0 Å². The minimum Gasteiger partial charge on any atom is -1.00 e. The number of pyridine rings is 1. The van der Waals surface area contributed by atoms with Crippen LogP contribution in [0.25, 0.3) is 0 Å². The van der Waals surface area contributed by atoms with E-state index in [1.165, 1.54) is 43.4 Å². The second-order valence-electron chi connectivity index (χ2n) is 9.07. The maximum Gasteiger partial charge on any atom is 0.327 e. The Morgan fingerprint density at radius 2 is 1.58 bits per heavy atom. The lowest BCUT2D eigenvalue weighted by atomic mass is 10.0. The second-order valence-corrected chi connectivity index (χ2v) is 9.07. The number of carbonyl (C=O) groups excluding carboxylic acids is 2. The van der Waals surface area contributed by atoms with Crippen LogP contribution >= 0.6 is 0 Å². The minimum atomic E-state index is -0.796. The van der Waals surface area contributed by atoms with Gasteiger partial charge in [-0.05, 0) is 60.6 Å². The number of halogens is 1. The molecule has 1 aromatic heterocycles. The number of hydrogen-bond acceptors (Lipinski definition) is 5. The fraction of sp³-hybridized carbons (Fsp3) is 0.345. The van der Waals surface area contributed by atoms with E-state index in [-0.39, 0.29) is 42.0 Å². The van der Waals surface area contributed by atoms with Crippen molar-refractivity contribution in [3.63, 3.8) is 0 Å². The van der Waals surface area contributed by atoms with Crippen molar-refractivity contribution in [2.24, 2.45) is 0 Å². The molecule has 0 aliphatic carbocycles. The highest BCUT2D eigenvalue weighted by atomic mass is 127. The van der Waals surface area contributed by atoms with E-state index in [0.717, 1.165) is 36.2 Å². The Morgan fingerprint density at radius 3 is 2.32 bits per heavy atom. The molecule has 0 saturated heterocycles. The number of nitrogens with one attached hydrogen (secondary N) is 3. The molecule has 0 fully saturated rings. The number of benzene rings is 2. The summed E-state index contributed by atoms with van der Waals surface area (Å²) in [4.78, 5) is 24.4. The number of aromatic hydroxyl groups is 2. The number of nitrogens with zero attached hydrogens (tertiary/aromatic N) is 1. The van der Waals surface area contributed by atoms with Gasteiger partial charge in [0.05, 0.1) is 5.69 Å². The zero-order valence-corrected chi connectivity index (χ0v) is 23.9. The van der Waals surface area contributed by atoms with Crippen LogP contribution in [0.15, 0.2) is 67.0 Å². The number of aryl methyl sites for hydroxylation is 3. The lowest BCUT2D eigenvalue weighted by Crippen LogP contribution is -3.00. The Balaban J connectivity index is 0.00000507. The molecular formula is C29H37IN4O4. The van der Waals surface area contributed by atoms with Gasteiger partial charge >= 0.3 is 11.8 Å². The zero-order chi connectivity index (χ0) is 26.5. The zero-order valence-electron chi connectivity index (χ0n) is 21.8. The number of amides is 2. The van der Waals surface area contributed by atoms with Gasteiger partial charge in [0.25, 0.3) is 0 Å². The number of phenolic OH excluding ortho intramolecular Hbond substituents is 2. The third-order valence-electron chi connectivity index (χ3n) is 6.19. The fourth-order valence-electron chi connectivity index (χ4n) is 3.97. The lowest BCUT2D eigenvalue weighted by molar-refractivity contribution is -0.697. The number of phenols is 2. The number of para-hydroxylation sites is 1. The molecule has 5 N–H and O–H groups in total. The monoisotopic (exact) mass is 632 g/mol. The van der Waals surface area contributed by atoms with Crippen LogP contribution in [0, 0.1) is 0 Å². The number of aromatic nitrogens is 1. The molecule has 8 nitrogen and oxygen atoms in total. The number of hydrogen-bond donors (Lipinski definition) is 5. The molecule has 2 amide bonds. The van der Waals surface area contributed by atoms with Gasteiger partial charge in [-0.1, -0.05) is 44.0 Å². The van der Waals surface area contributed by atoms with Gasteiger partial charge in [-0.15, -0.1) is 0 Å².